The Morgan fingerprint density at radius 3 is 1.96 bits per heavy atom. The maximum atomic E-state index is 12.3. The molecule has 23 heavy (non-hydrogen) atoms. The smallest absolute Gasteiger partial charge is 0.339 e. The van der Waals surface area contributed by atoms with Crippen LogP contribution in [-0.2, 0) is 10.1 Å². The van der Waals surface area contributed by atoms with E-state index in [9.17, 15) is 8.42 Å². The van der Waals surface area contributed by atoms with Gasteiger partial charge in [0.2, 0.25) is 0 Å². The molecule has 4 nitrogen and oxygen atoms in total. The molecule has 0 N–H and O–H groups in total. The predicted molar refractivity (Wildman–Crippen MR) is 89.5 cm³/mol. The second kappa shape index (κ2) is 5.93. The van der Waals surface area contributed by atoms with Gasteiger partial charge in [0.25, 0.3) is 0 Å². The van der Waals surface area contributed by atoms with Crippen molar-refractivity contribution in [3.63, 3.8) is 0 Å². The molecule has 0 fully saturated rings. The average Bonchev–Trinajstić information content (AvgIpc) is 2.54. The molecule has 0 spiro atoms. The van der Waals surface area contributed by atoms with Gasteiger partial charge in [-0.1, -0.05) is 29.8 Å². The third kappa shape index (κ3) is 3.29. The summed E-state index contributed by atoms with van der Waals surface area (Å²) in [5.41, 5.74) is 0.989. The molecular formula is C18H16O4S. The minimum atomic E-state index is -3.84. The van der Waals surface area contributed by atoms with Gasteiger partial charge in [0.15, 0.2) is 0 Å². The van der Waals surface area contributed by atoms with Gasteiger partial charge in [0.05, 0.1) is 7.11 Å². The fraction of sp³-hybridized carbons (Fsp3) is 0.111. The van der Waals surface area contributed by atoms with Crippen molar-refractivity contribution >= 4 is 20.9 Å². The number of hydrogen-bond donors (Lipinski definition) is 0. The van der Waals surface area contributed by atoms with Crippen molar-refractivity contribution in [3.8, 4) is 11.5 Å². The van der Waals surface area contributed by atoms with Crippen molar-refractivity contribution in [2.45, 2.75) is 11.8 Å². The molecule has 0 radical (unpaired) electrons. The third-order valence-electron chi connectivity index (χ3n) is 3.53. The van der Waals surface area contributed by atoms with Crippen LogP contribution < -0.4 is 8.92 Å². The lowest BCUT2D eigenvalue weighted by Crippen LogP contribution is -2.09. The maximum absolute atomic E-state index is 12.3. The summed E-state index contributed by atoms with van der Waals surface area (Å²) in [4.78, 5) is 0.137. The summed E-state index contributed by atoms with van der Waals surface area (Å²) < 4.78 is 35.0. The van der Waals surface area contributed by atoms with E-state index < -0.39 is 10.1 Å². The Labute approximate surface area is 135 Å². The lowest BCUT2D eigenvalue weighted by molar-refractivity contribution is 0.415. The largest absolute Gasteiger partial charge is 0.497 e. The van der Waals surface area contributed by atoms with Gasteiger partial charge in [0.1, 0.15) is 16.4 Å². The number of aryl methyl sites for hydroxylation is 1. The molecule has 0 aromatic heterocycles. The number of ether oxygens (including phenoxy) is 1. The van der Waals surface area contributed by atoms with Crippen LogP contribution in [0.15, 0.2) is 65.6 Å². The zero-order valence-corrected chi connectivity index (χ0v) is 13.6. The summed E-state index contributed by atoms with van der Waals surface area (Å²) in [6, 6.07) is 17.2. The molecule has 0 saturated carbocycles. The van der Waals surface area contributed by atoms with E-state index in [1.54, 1.807) is 37.4 Å². The maximum Gasteiger partial charge on any atom is 0.339 e. The van der Waals surface area contributed by atoms with E-state index in [0.29, 0.717) is 0 Å². The predicted octanol–water partition coefficient (Wildman–Crippen LogP) is 3.92. The molecule has 0 aliphatic carbocycles. The first-order valence-electron chi connectivity index (χ1n) is 7.07. The molecule has 3 aromatic carbocycles. The van der Waals surface area contributed by atoms with Gasteiger partial charge >= 0.3 is 10.1 Å². The molecule has 3 rings (SSSR count). The van der Waals surface area contributed by atoms with Crippen molar-refractivity contribution in [2.75, 3.05) is 7.11 Å². The molecule has 3 aromatic rings. The molecule has 118 valence electrons. The topological polar surface area (TPSA) is 52.6 Å². The van der Waals surface area contributed by atoms with Gasteiger partial charge in [-0.05, 0) is 54.1 Å². The Bertz CT molecular complexity index is 944. The van der Waals surface area contributed by atoms with Crippen LogP contribution in [0.5, 0.6) is 11.5 Å². The first kappa shape index (κ1) is 15.4. The van der Waals surface area contributed by atoms with Crippen LogP contribution in [0.2, 0.25) is 0 Å². The van der Waals surface area contributed by atoms with Crippen molar-refractivity contribution in [2.24, 2.45) is 0 Å². The number of rotatable bonds is 4. The number of fused-ring (bicyclic) bond motifs is 1. The normalized spacial score (nSPS) is 11.4. The highest BCUT2D eigenvalue weighted by Crippen LogP contribution is 2.26. The number of hydrogen-bond acceptors (Lipinski definition) is 4. The number of benzene rings is 3. The Morgan fingerprint density at radius 2 is 1.35 bits per heavy atom. The summed E-state index contributed by atoms with van der Waals surface area (Å²) in [6.45, 7) is 1.90. The van der Waals surface area contributed by atoms with Gasteiger partial charge < -0.3 is 8.92 Å². The van der Waals surface area contributed by atoms with Crippen LogP contribution in [0.25, 0.3) is 10.8 Å². The standard InChI is InChI=1S/C18H16O4S/c1-13-3-9-18(10-4-13)23(19,20)22-17-8-6-14-11-16(21-2)7-5-15(14)12-17/h3-12H,1-2H3. The molecule has 0 atom stereocenters. The minimum Gasteiger partial charge on any atom is -0.497 e. The Kier molecular flexibility index (Phi) is 3.96. The molecule has 0 amide bonds. The van der Waals surface area contributed by atoms with Gasteiger partial charge in [-0.15, -0.1) is 0 Å². The first-order valence-corrected chi connectivity index (χ1v) is 8.48. The van der Waals surface area contributed by atoms with Crippen molar-refractivity contribution in [3.05, 3.63) is 66.2 Å². The Balaban J connectivity index is 1.93. The number of methoxy groups -OCH3 is 1. The van der Waals surface area contributed by atoms with Crippen LogP contribution in [-0.4, -0.2) is 15.5 Å². The molecule has 0 bridgehead atoms. The molecule has 5 heteroatoms. The molecule has 0 saturated heterocycles. The lowest BCUT2D eigenvalue weighted by Gasteiger charge is -2.09. The SMILES string of the molecule is COc1ccc2cc(OS(=O)(=O)c3ccc(C)cc3)ccc2c1. The van der Waals surface area contributed by atoms with Crippen LogP contribution in [0, 0.1) is 6.92 Å². The third-order valence-corrected chi connectivity index (χ3v) is 4.80. The van der Waals surface area contributed by atoms with Crippen molar-refractivity contribution in [1.29, 1.82) is 0 Å². The van der Waals surface area contributed by atoms with Gasteiger partial charge in [-0.2, -0.15) is 8.42 Å². The average molecular weight is 328 g/mol. The first-order chi connectivity index (χ1) is 11.0. The fourth-order valence-corrected chi connectivity index (χ4v) is 3.18. The van der Waals surface area contributed by atoms with Gasteiger partial charge in [-0.25, -0.2) is 0 Å². The van der Waals surface area contributed by atoms with Crippen molar-refractivity contribution < 1.29 is 17.3 Å². The van der Waals surface area contributed by atoms with Crippen LogP contribution in [0.3, 0.4) is 0 Å². The quantitative estimate of drug-likeness (QED) is 0.681. The van der Waals surface area contributed by atoms with Crippen LogP contribution >= 0.6 is 0 Å². The highest BCUT2D eigenvalue weighted by Gasteiger charge is 2.16. The fourth-order valence-electron chi connectivity index (χ4n) is 2.26. The van der Waals surface area contributed by atoms with E-state index in [0.717, 1.165) is 22.1 Å². The molecule has 0 heterocycles. The Morgan fingerprint density at radius 1 is 0.783 bits per heavy atom. The van der Waals surface area contributed by atoms with Gasteiger partial charge in [-0.3, -0.25) is 0 Å². The second-order valence-corrected chi connectivity index (χ2v) is 6.77. The lowest BCUT2D eigenvalue weighted by atomic mass is 10.1. The summed E-state index contributed by atoms with van der Waals surface area (Å²) in [7, 11) is -2.23. The summed E-state index contributed by atoms with van der Waals surface area (Å²) in [6.07, 6.45) is 0. The summed E-state index contributed by atoms with van der Waals surface area (Å²) >= 11 is 0. The van der Waals surface area contributed by atoms with E-state index in [-0.39, 0.29) is 10.6 Å². The second-order valence-electron chi connectivity index (χ2n) is 5.23. The zero-order chi connectivity index (χ0) is 16.4. The summed E-state index contributed by atoms with van der Waals surface area (Å²) in [5, 5.41) is 1.83. The monoisotopic (exact) mass is 328 g/mol. The van der Waals surface area contributed by atoms with Crippen LogP contribution in [0.1, 0.15) is 5.56 Å². The minimum absolute atomic E-state index is 0.137. The highest BCUT2D eigenvalue weighted by molar-refractivity contribution is 7.87. The molecular weight excluding hydrogens is 312 g/mol. The summed E-state index contributed by atoms with van der Waals surface area (Å²) in [5.74, 6) is 1.03. The Hall–Kier alpha value is -2.53. The van der Waals surface area contributed by atoms with Crippen LogP contribution in [0.4, 0.5) is 0 Å². The van der Waals surface area contributed by atoms with E-state index in [4.69, 9.17) is 8.92 Å². The molecule has 0 unspecified atom stereocenters. The van der Waals surface area contributed by atoms with Gasteiger partial charge in [0, 0.05) is 0 Å². The molecule has 0 aliphatic rings. The van der Waals surface area contributed by atoms with E-state index >= 15 is 0 Å². The molecule has 0 aliphatic heterocycles. The van der Waals surface area contributed by atoms with E-state index in [1.165, 1.54) is 12.1 Å². The van der Waals surface area contributed by atoms with Crippen molar-refractivity contribution in [1.82, 2.24) is 0 Å². The zero-order valence-electron chi connectivity index (χ0n) is 12.8. The van der Waals surface area contributed by atoms with E-state index in [2.05, 4.69) is 0 Å². The van der Waals surface area contributed by atoms with E-state index in [1.807, 2.05) is 25.1 Å². The highest BCUT2D eigenvalue weighted by atomic mass is 32.2.